The summed E-state index contributed by atoms with van der Waals surface area (Å²) in [6.07, 6.45) is -7.07. The van der Waals surface area contributed by atoms with Crippen LogP contribution in [-0.2, 0) is 4.74 Å². The summed E-state index contributed by atoms with van der Waals surface area (Å²) >= 11 is 0. The first-order valence-electron chi connectivity index (χ1n) is 9.50. The molecule has 0 amide bonds. The molecular weight excluding hydrogens is 428 g/mol. The maximum Gasteiger partial charge on any atom is 0.238 e. The van der Waals surface area contributed by atoms with Gasteiger partial charge in [-0.1, -0.05) is 0 Å². The Balaban J connectivity index is 1.82. The van der Waals surface area contributed by atoms with Gasteiger partial charge in [-0.05, 0) is 25.1 Å². The van der Waals surface area contributed by atoms with Crippen molar-refractivity contribution in [3.05, 3.63) is 40.6 Å². The number of aliphatic hydroxyl groups is 3. The van der Waals surface area contributed by atoms with Gasteiger partial charge in [0.25, 0.3) is 0 Å². The van der Waals surface area contributed by atoms with Crippen LogP contribution in [0.25, 0.3) is 22.3 Å². The third kappa shape index (κ3) is 3.56. The molecule has 0 saturated carbocycles. The number of aromatic hydroxyl groups is 4. The lowest BCUT2D eigenvalue weighted by molar-refractivity contribution is -0.267. The first kappa shape index (κ1) is 21.7. The molecule has 1 fully saturated rings. The average molecular weight is 448 g/mol. The summed E-state index contributed by atoms with van der Waals surface area (Å²) < 4.78 is 16.4. The number of hydrogen-bond acceptors (Lipinski definition) is 11. The first-order valence-corrected chi connectivity index (χ1v) is 9.50. The predicted molar refractivity (Wildman–Crippen MR) is 108 cm³/mol. The molecule has 11 nitrogen and oxygen atoms in total. The minimum absolute atomic E-state index is 0.0691. The highest BCUT2D eigenvalue weighted by Gasteiger charge is 2.43. The van der Waals surface area contributed by atoms with E-state index in [2.05, 4.69) is 0 Å². The molecule has 5 atom stereocenters. The second kappa shape index (κ2) is 7.88. The van der Waals surface area contributed by atoms with Gasteiger partial charge < -0.3 is 49.6 Å². The Morgan fingerprint density at radius 2 is 1.62 bits per heavy atom. The molecule has 4 rings (SSSR count). The predicted octanol–water partition coefficient (Wildman–Crippen LogP) is 0.489. The van der Waals surface area contributed by atoms with E-state index in [9.17, 15) is 40.5 Å². The van der Waals surface area contributed by atoms with E-state index in [-0.39, 0.29) is 33.8 Å². The zero-order valence-corrected chi connectivity index (χ0v) is 16.5. The molecule has 0 aliphatic carbocycles. The SMILES string of the molecule is C[C@@H]1O[C@@H](Oc2cc(O)cc3oc(-c4ccc(O)c(O)c4)c(O)c(=O)c23)[C@H](O)[C@H](O)[C@H]1O. The van der Waals surface area contributed by atoms with Gasteiger partial charge in [0.1, 0.15) is 40.8 Å². The first-order chi connectivity index (χ1) is 15.1. The lowest BCUT2D eigenvalue weighted by Gasteiger charge is -2.38. The standard InChI is InChI=1S/C21H20O11/c1-7-15(25)17(27)19(29)21(30-7)32-13-6-9(22)5-12-14(13)16(26)18(28)20(31-12)8-2-3-10(23)11(24)4-8/h2-7,15,17,19,21-25,27-29H,1H3/t7-,15-,17+,19+,21-/m0/s1. The molecule has 0 bridgehead atoms. The van der Waals surface area contributed by atoms with Gasteiger partial charge in [-0.2, -0.15) is 0 Å². The van der Waals surface area contributed by atoms with Gasteiger partial charge in [0.2, 0.25) is 17.5 Å². The zero-order chi connectivity index (χ0) is 23.3. The zero-order valence-electron chi connectivity index (χ0n) is 16.5. The maximum absolute atomic E-state index is 12.9. The van der Waals surface area contributed by atoms with Gasteiger partial charge in [-0.25, -0.2) is 0 Å². The fourth-order valence-corrected chi connectivity index (χ4v) is 3.45. The highest BCUT2D eigenvalue weighted by atomic mass is 16.7. The van der Waals surface area contributed by atoms with E-state index in [1.807, 2.05) is 0 Å². The molecule has 1 aliphatic rings. The number of rotatable bonds is 3. The van der Waals surface area contributed by atoms with Crippen LogP contribution in [0.15, 0.2) is 39.5 Å². The minimum atomic E-state index is -1.68. The number of aliphatic hydroxyl groups excluding tert-OH is 3. The van der Waals surface area contributed by atoms with Crippen LogP contribution in [0.4, 0.5) is 0 Å². The van der Waals surface area contributed by atoms with Gasteiger partial charge in [-0.15, -0.1) is 0 Å². The van der Waals surface area contributed by atoms with Crippen LogP contribution >= 0.6 is 0 Å². The van der Waals surface area contributed by atoms with E-state index in [1.54, 1.807) is 0 Å². The molecule has 11 heteroatoms. The van der Waals surface area contributed by atoms with Gasteiger partial charge in [0.05, 0.1) is 6.10 Å². The summed E-state index contributed by atoms with van der Waals surface area (Å²) in [6, 6.07) is 5.61. The monoisotopic (exact) mass is 448 g/mol. The van der Waals surface area contributed by atoms with Gasteiger partial charge >= 0.3 is 0 Å². The molecule has 32 heavy (non-hydrogen) atoms. The molecule has 0 unspecified atom stereocenters. The van der Waals surface area contributed by atoms with Crippen molar-refractivity contribution in [2.45, 2.75) is 37.6 Å². The third-order valence-corrected chi connectivity index (χ3v) is 5.21. The Labute approximate surface area is 179 Å². The Morgan fingerprint density at radius 3 is 2.31 bits per heavy atom. The molecule has 0 radical (unpaired) electrons. The van der Waals surface area contributed by atoms with E-state index in [4.69, 9.17) is 13.9 Å². The van der Waals surface area contributed by atoms with Crippen molar-refractivity contribution in [3.8, 4) is 40.1 Å². The molecule has 2 aromatic carbocycles. The second-order valence-corrected chi connectivity index (χ2v) is 7.43. The summed E-state index contributed by atoms with van der Waals surface area (Å²) in [5, 5.41) is 69.4. The normalized spacial score (nSPS) is 25.7. The van der Waals surface area contributed by atoms with Crippen LogP contribution in [0, 0.1) is 0 Å². The summed E-state index contributed by atoms with van der Waals surface area (Å²) in [5.74, 6) is -2.81. The van der Waals surface area contributed by atoms with Crippen molar-refractivity contribution in [2.24, 2.45) is 0 Å². The van der Waals surface area contributed by atoms with Gasteiger partial charge in [0.15, 0.2) is 17.3 Å². The Hall–Kier alpha value is -3.51. The van der Waals surface area contributed by atoms with Crippen LogP contribution in [0.5, 0.6) is 28.7 Å². The lowest BCUT2D eigenvalue weighted by atomic mass is 10.00. The van der Waals surface area contributed by atoms with Crippen molar-refractivity contribution in [3.63, 3.8) is 0 Å². The van der Waals surface area contributed by atoms with Crippen LogP contribution in [0.1, 0.15) is 6.92 Å². The molecule has 1 aliphatic heterocycles. The highest BCUT2D eigenvalue weighted by molar-refractivity contribution is 5.88. The maximum atomic E-state index is 12.9. The van der Waals surface area contributed by atoms with Crippen molar-refractivity contribution >= 4 is 11.0 Å². The van der Waals surface area contributed by atoms with E-state index in [0.717, 1.165) is 24.3 Å². The average Bonchev–Trinajstić information content (AvgIpc) is 2.74. The summed E-state index contributed by atoms with van der Waals surface area (Å²) in [4.78, 5) is 12.9. The fourth-order valence-electron chi connectivity index (χ4n) is 3.45. The van der Waals surface area contributed by atoms with Crippen LogP contribution in [0.3, 0.4) is 0 Å². The topological polar surface area (TPSA) is 190 Å². The fraction of sp³-hybridized carbons (Fsp3) is 0.286. The van der Waals surface area contributed by atoms with Crippen LogP contribution in [0.2, 0.25) is 0 Å². The number of ether oxygens (including phenoxy) is 2. The van der Waals surface area contributed by atoms with E-state index >= 15 is 0 Å². The van der Waals surface area contributed by atoms with Crippen molar-refractivity contribution in [1.82, 2.24) is 0 Å². The number of hydrogen-bond donors (Lipinski definition) is 7. The molecule has 170 valence electrons. The van der Waals surface area contributed by atoms with Gasteiger partial charge in [-0.3, -0.25) is 4.79 Å². The lowest BCUT2D eigenvalue weighted by Crippen LogP contribution is -2.58. The largest absolute Gasteiger partial charge is 0.508 e. The molecule has 7 N–H and O–H groups in total. The number of benzene rings is 2. The quantitative estimate of drug-likeness (QED) is 0.276. The molecule has 0 spiro atoms. The van der Waals surface area contributed by atoms with E-state index < -0.39 is 53.4 Å². The van der Waals surface area contributed by atoms with Crippen molar-refractivity contribution in [2.75, 3.05) is 0 Å². The highest BCUT2D eigenvalue weighted by Crippen LogP contribution is 2.38. The number of phenolic OH excluding ortho intramolecular Hbond substituents is 3. The number of phenols is 3. The summed E-state index contributed by atoms with van der Waals surface area (Å²) in [6.45, 7) is 1.44. The summed E-state index contributed by atoms with van der Waals surface area (Å²) in [7, 11) is 0. The smallest absolute Gasteiger partial charge is 0.238 e. The Bertz CT molecular complexity index is 1230. The van der Waals surface area contributed by atoms with Crippen molar-refractivity contribution in [1.29, 1.82) is 0 Å². The van der Waals surface area contributed by atoms with E-state index in [1.165, 1.54) is 13.0 Å². The molecular formula is C21H20O11. The third-order valence-electron chi connectivity index (χ3n) is 5.21. The van der Waals surface area contributed by atoms with E-state index in [0.29, 0.717) is 0 Å². The minimum Gasteiger partial charge on any atom is -0.508 e. The molecule has 3 aromatic rings. The summed E-state index contributed by atoms with van der Waals surface area (Å²) in [5.41, 5.74) is -1.09. The second-order valence-electron chi connectivity index (χ2n) is 7.43. The number of fused-ring (bicyclic) bond motifs is 1. The molecule has 1 aromatic heterocycles. The van der Waals surface area contributed by atoms with Crippen molar-refractivity contribution < 1.29 is 49.6 Å². The van der Waals surface area contributed by atoms with Gasteiger partial charge in [0, 0.05) is 17.7 Å². The Kier molecular flexibility index (Phi) is 5.34. The van der Waals surface area contributed by atoms with Crippen LogP contribution in [-0.4, -0.2) is 66.5 Å². The van der Waals surface area contributed by atoms with Crippen LogP contribution < -0.4 is 10.2 Å². The molecule has 2 heterocycles. The molecule has 1 saturated heterocycles. The Morgan fingerprint density at radius 1 is 0.906 bits per heavy atom.